The van der Waals surface area contributed by atoms with Gasteiger partial charge in [0.1, 0.15) is 11.2 Å². The monoisotopic (exact) mass is 531 g/mol. The van der Waals surface area contributed by atoms with Crippen molar-refractivity contribution in [2.45, 2.75) is 19.9 Å². The van der Waals surface area contributed by atoms with Gasteiger partial charge in [0.2, 0.25) is 0 Å². The van der Waals surface area contributed by atoms with Crippen molar-refractivity contribution in [2.75, 3.05) is 5.43 Å². The molecule has 0 saturated heterocycles. The molecule has 0 bridgehead atoms. The van der Waals surface area contributed by atoms with Gasteiger partial charge in [0.15, 0.2) is 5.82 Å². The first-order valence-electron chi connectivity index (χ1n) is 12.5. The molecule has 0 atom stereocenters. The number of aryl methyl sites for hydroxylation is 1. The van der Waals surface area contributed by atoms with Gasteiger partial charge >= 0.3 is 0 Å². The standard InChI is InChI=1S/C30H25N7OS/c1-19-26(24-9-2-3-10-27(24)36-19)17-35-37-28-25-14-23(39-30(25)34-18-33-28)13-20-6-4-8-22(12-20)29(38)32-16-21-7-5-11-31-15-21/h2-12,14-15,17-18,36H,13,16H2,1H3,(H,32,38)(H,33,34,37). The van der Waals surface area contributed by atoms with Crippen molar-refractivity contribution in [3.8, 4) is 0 Å². The smallest absolute Gasteiger partial charge is 0.251 e. The lowest BCUT2D eigenvalue weighted by atomic mass is 10.1. The normalized spacial score (nSPS) is 11.4. The minimum atomic E-state index is -0.113. The highest BCUT2D eigenvalue weighted by Gasteiger charge is 2.12. The molecule has 8 nitrogen and oxygen atoms in total. The number of carbonyl (C=O) groups excluding carboxylic acids is 1. The van der Waals surface area contributed by atoms with Gasteiger partial charge in [0, 0.05) is 58.0 Å². The first kappa shape index (κ1) is 24.4. The number of hydrogen-bond donors (Lipinski definition) is 3. The Labute approximate surface area is 228 Å². The largest absolute Gasteiger partial charge is 0.358 e. The van der Waals surface area contributed by atoms with Gasteiger partial charge in [-0.05, 0) is 48.4 Å². The lowest BCUT2D eigenvalue weighted by molar-refractivity contribution is 0.0951. The summed E-state index contributed by atoms with van der Waals surface area (Å²) < 4.78 is 0. The Morgan fingerprint density at radius 1 is 1.03 bits per heavy atom. The van der Waals surface area contributed by atoms with E-state index >= 15 is 0 Å². The number of anilines is 1. The maximum atomic E-state index is 12.7. The van der Waals surface area contributed by atoms with Crippen molar-refractivity contribution in [3.63, 3.8) is 0 Å². The molecule has 0 spiro atoms. The Morgan fingerprint density at radius 3 is 2.82 bits per heavy atom. The second-order valence-electron chi connectivity index (χ2n) is 9.15. The van der Waals surface area contributed by atoms with Crippen LogP contribution in [0.1, 0.15) is 37.6 Å². The van der Waals surface area contributed by atoms with Gasteiger partial charge in [0.25, 0.3) is 5.91 Å². The third-order valence-electron chi connectivity index (χ3n) is 6.43. The van der Waals surface area contributed by atoms with Crippen LogP contribution in [0.3, 0.4) is 0 Å². The average Bonchev–Trinajstić information content (AvgIpc) is 3.52. The number of hydrazone groups is 1. The Bertz CT molecular complexity index is 1810. The molecule has 9 heteroatoms. The van der Waals surface area contributed by atoms with Crippen LogP contribution < -0.4 is 10.7 Å². The second kappa shape index (κ2) is 10.8. The molecule has 0 saturated carbocycles. The van der Waals surface area contributed by atoms with Crippen LogP contribution in [0.4, 0.5) is 5.82 Å². The Hall–Kier alpha value is -4.89. The molecule has 0 aliphatic rings. The highest BCUT2D eigenvalue weighted by atomic mass is 32.1. The second-order valence-corrected chi connectivity index (χ2v) is 10.3. The Balaban J connectivity index is 1.16. The molecule has 0 unspecified atom stereocenters. The number of nitrogens with one attached hydrogen (secondary N) is 3. The van der Waals surface area contributed by atoms with Gasteiger partial charge in [-0.1, -0.05) is 36.4 Å². The molecular formula is C30H25N7OS. The molecule has 2 aromatic carbocycles. The molecule has 4 heterocycles. The molecule has 0 aliphatic heterocycles. The van der Waals surface area contributed by atoms with Crippen LogP contribution in [0.15, 0.2) is 90.6 Å². The molecule has 4 aromatic heterocycles. The summed E-state index contributed by atoms with van der Waals surface area (Å²) in [5.74, 6) is 0.539. The van der Waals surface area contributed by atoms with Crippen molar-refractivity contribution in [2.24, 2.45) is 5.10 Å². The third kappa shape index (κ3) is 5.39. The fourth-order valence-corrected chi connectivity index (χ4v) is 5.54. The molecule has 6 rings (SSSR count). The maximum absolute atomic E-state index is 12.7. The number of aromatic amines is 1. The number of amides is 1. The van der Waals surface area contributed by atoms with Crippen molar-refractivity contribution in [1.29, 1.82) is 0 Å². The number of benzene rings is 2. The van der Waals surface area contributed by atoms with Crippen LogP contribution in [0, 0.1) is 6.92 Å². The van der Waals surface area contributed by atoms with E-state index in [1.165, 1.54) is 0 Å². The van der Waals surface area contributed by atoms with E-state index in [-0.39, 0.29) is 5.91 Å². The summed E-state index contributed by atoms with van der Waals surface area (Å²) in [6.45, 7) is 2.47. The Kier molecular flexibility index (Phi) is 6.80. The minimum Gasteiger partial charge on any atom is -0.358 e. The fraction of sp³-hybridized carbons (Fsp3) is 0.100. The van der Waals surface area contributed by atoms with Crippen molar-refractivity contribution in [3.05, 3.63) is 118 Å². The van der Waals surface area contributed by atoms with Crippen LogP contribution in [0.25, 0.3) is 21.1 Å². The number of rotatable bonds is 8. The predicted molar refractivity (Wildman–Crippen MR) is 156 cm³/mol. The molecule has 192 valence electrons. The van der Waals surface area contributed by atoms with E-state index in [1.807, 2.05) is 61.7 Å². The maximum Gasteiger partial charge on any atom is 0.251 e. The molecule has 1 amide bonds. The number of para-hydroxylation sites is 1. The molecule has 0 aliphatic carbocycles. The third-order valence-corrected chi connectivity index (χ3v) is 7.47. The number of thiophene rings is 1. The lowest BCUT2D eigenvalue weighted by Crippen LogP contribution is -2.22. The zero-order valence-electron chi connectivity index (χ0n) is 21.2. The molecule has 6 aromatic rings. The number of pyridine rings is 1. The number of aromatic nitrogens is 4. The van der Waals surface area contributed by atoms with E-state index < -0.39 is 0 Å². The quantitative estimate of drug-likeness (QED) is 0.169. The molecule has 0 radical (unpaired) electrons. The van der Waals surface area contributed by atoms with Crippen molar-refractivity contribution in [1.82, 2.24) is 25.3 Å². The summed E-state index contributed by atoms with van der Waals surface area (Å²) in [5, 5.41) is 9.48. The summed E-state index contributed by atoms with van der Waals surface area (Å²) in [5.41, 5.74) is 8.91. The van der Waals surface area contributed by atoms with E-state index in [4.69, 9.17) is 0 Å². The summed E-state index contributed by atoms with van der Waals surface area (Å²) in [7, 11) is 0. The number of fused-ring (bicyclic) bond motifs is 2. The van der Waals surface area contributed by atoms with Crippen LogP contribution in [-0.2, 0) is 13.0 Å². The van der Waals surface area contributed by atoms with Crippen LogP contribution in [0.5, 0.6) is 0 Å². The predicted octanol–water partition coefficient (Wildman–Crippen LogP) is 5.84. The van der Waals surface area contributed by atoms with E-state index in [2.05, 4.69) is 54.0 Å². The summed E-state index contributed by atoms with van der Waals surface area (Å²) in [6.07, 6.45) is 7.51. The van der Waals surface area contributed by atoms with Gasteiger partial charge < -0.3 is 10.3 Å². The van der Waals surface area contributed by atoms with E-state index in [9.17, 15) is 4.79 Å². The number of carbonyl (C=O) groups is 1. The van der Waals surface area contributed by atoms with Crippen LogP contribution in [-0.4, -0.2) is 32.1 Å². The van der Waals surface area contributed by atoms with Crippen LogP contribution in [0.2, 0.25) is 0 Å². The van der Waals surface area contributed by atoms with Crippen molar-refractivity contribution >= 4 is 50.4 Å². The van der Waals surface area contributed by atoms with Crippen LogP contribution >= 0.6 is 11.3 Å². The average molecular weight is 532 g/mol. The molecule has 39 heavy (non-hydrogen) atoms. The highest BCUT2D eigenvalue weighted by Crippen LogP contribution is 2.30. The first-order chi connectivity index (χ1) is 19.1. The van der Waals surface area contributed by atoms with Gasteiger partial charge in [-0.15, -0.1) is 11.3 Å². The number of H-pyrrole nitrogens is 1. The lowest BCUT2D eigenvalue weighted by Gasteiger charge is -2.07. The van der Waals surface area contributed by atoms with Crippen molar-refractivity contribution < 1.29 is 4.79 Å². The summed E-state index contributed by atoms with van der Waals surface area (Å²) in [4.78, 5) is 31.1. The fourth-order valence-electron chi connectivity index (χ4n) is 4.52. The molecular weight excluding hydrogens is 506 g/mol. The molecule has 0 fully saturated rings. The zero-order valence-corrected chi connectivity index (χ0v) is 22.0. The zero-order chi connectivity index (χ0) is 26.6. The minimum absolute atomic E-state index is 0.113. The number of hydrogen-bond acceptors (Lipinski definition) is 7. The van der Waals surface area contributed by atoms with Gasteiger partial charge in [-0.25, -0.2) is 9.97 Å². The summed E-state index contributed by atoms with van der Waals surface area (Å²) >= 11 is 1.61. The topological polar surface area (TPSA) is 108 Å². The van der Waals surface area contributed by atoms with Gasteiger partial charge in [0.05, 0.1) is 11.6 Å². The highest BCUT2D eigenvalue weighted by molar-refractivity contribution is 7.18. The van der Waals surface area contributed by atoms with Gasteiger partial charge in [-0.2, -0.15) is 5.10 Å². The first-order valence-corrected chi connectivity index (χ1v) is 13.3. The Morgan fingerprint density at radius 2 is 1.92 bits per heavy atom. The van der Waals surface area contributed by atoms with E-state index in [0.29, 0.717) is 24.3 Å². The summed E-state index contributed by atoms with van der Waals surface area (Å²) in [6, 6.07) is 21.7. The SMILES string of the molecule is Cc1[nH]c2ccccc2c1C=NNc1ncnc2sc(Cc3cccc(C(=O)NCc4cccnc4)c3)cc12. The number of nitrogens with zero attached hydrogens (tertiary/aromatic N) is 4. The van der Waals surface area contributed by atoms with E-state index in [1.54, 1.807) is 30.1 Å². The van der Waals surface area contributed by atoms with E-state index in [0.717, 1.165) is 48.4 Å². The van der Waals surface area contributed by atoms with Gasteiger partial charge in [-0.3, -0.25) is 15.2 Å². The molecule has 3 N–H and O–H groups in total.